The van der Waals surface area contributed by atoms with Crippen LogP contribution < -0.4 is 21.6 Å². The molecule has 3 N–H and O–H groups in total. The van der Waals surface area contributed by atoms with Gasteiger partial charge in [-0.05, 0) is 38.0 Å². The molecule has 4 rings (SSSR count). The van der Waals surface area contributed by atoms with Gasteiger partial charge in [-0.3, -0.25) is 10.2 Å². The molecule has 1 aromatic heterocycles. The standard InChI is InChI=1S/C21H23N5O/c1-13-5-4-6-16(10-13)20-24-21-23-17(11-19(27)26(21)25-20)12-22-18-8-7-14(2)9-15(18)3/h4-11,20,22,25H,12H2,1-3H3,(H,23,24). The summed E-state index contributed by atoms with van der Waals surface area (Å²) in [6.45, 7) is 6.68. The molecule has 0 fully saturated rings. The van der Waals surface area contributed by atoms with E-state index >= 15 is 0 Å². The molecule has 6 heteroatoms. The smallest absolute Gasteiger partial charge is 0.273 e. The largest absolute Gasteiger partial charge is 0.379 e. The third kappa shape index (κ3) is 3.51. The fraction of sp³-hybridized carbons (Fsp3) is 0.238. The Balaban J connectivity index is 1.53. The van der Waals surface area contributed by atoms with Gasteiger partial charge in [0.25, 0.3) is 5.56 Å². The molecule has 27 heavy (non-hydrogen) atoms. The number of aromatic nitrogens is 2. The number of hydrogen-bond donors (Lipinski definition) is 3. The Bertz CT molecular complexity index is 1060. The van der Waals surface area contributed by atoms with Crippen LogP contribution in [0.1, 0.15) is 34.1 Å². The molecule has 0 amide bonds. The second kappa shape index (κ2) is 6.79. The van der Waals surface area contributed by atoms with E-state index in [9.17, 15) is 4.79 Å². The lowest BCUT2D eigenvalue weighted by atomic mass is 10.1. The Labute approximate surface area is 158 Å². The van der Waals surface area contributed by atoms with Crippen LogP contribution in [0.5, 0.6) is 0 Å². The second-order valence-corrected chi connectivity index (χ2v) is 7.04. The Morgan fingerprint density at radius 3 is 2.67 bits per heavy atom. The van der Waals surface area contributed by atoms with E-state index < -0.39 is 0 Å². The molecular weight excluding hydrogens is 338 g/mol. The zero-order valence-electron chi connectivity index (χ0n) is 15.7. The van der Waals surface area contributed by atoms with Gasteiger partial charge in [-0.2, -0.15) is 4.68 Å². The van der Waals surface area contributed by atoms with Crippen molar-refractivity contribution in [3.05, 3.63) is 86.8 Å². The number of hydrogen-bond acceptors (Lipinski definition) is 5. The van der Waals surface area contributed by atoms with Gasteiger partial charge in [0.2, 0.25) is 5.95 Å². The summed E-state index contributed by atoms with van der Waals surface area (Å²) in [5.41, 5.74) is 9.43. The van der Waals surface area contributed by atoms with Gasteiger partial charge in [0.15, 0.2) is 0 Å². The van der Waals surface area contributed by atoms with Crippen molar-refractivity contribution in [2.24, 2.45) is 0 Å². The van der Waals surface area contributed by atoms with Crippen LogP contribution in [-0.2, 0) is 6.54 Å². The topological polar surface area (TPSA) is 71.0 Å². The van der Waals surface area contributed by atoms with Crippen LogP contribution in [0.2, 0.25) is 0 Å². The molecule has 1 aliphatic rings. The number of fused-ring (bicyclic) bond motifs is 1. The first-order chi connectivity index (χ1) is 13.0. The first-order valence-electron chi connectivity index (χ1n) is 9.03. The fourth-order valence-electron chi connectivity index (χ4n) is 3.34. The van der Waals surface area contributed by atoms with Gasteiger partial charge in [-0.1, -0.05) is 47.5 Å². The van der Waals surface area contributed by atoms with Gasteiger partial charge in [-0.15, -0.1) is 0 Å². The first kappa shape index (κ1) is 17.1. The van der Waals surface area contributed by atoms with Crippen LogP contribution in [0.3, 0.4) is 0 Å². The fourth-order valence-corrected chi connectivity index (χ4v) is 3.34. The summed E-state index contributed by atoms with van der Waals surface area (Å²) >= 11 is 0. The third-order valence-electron chi connectivity index (χ3n) is 4.72. The molecule has 0 aliphatic carbocycles. The molecule has 138 valence electrons. The minimum absolute atomic E-state index is 0.125. The summed E-state index contributed by atoms with van der Waals surface area (Å²) in [4.78, 5) is 17.1. The van der Waals surface area contributed by atoms with Gasteiger partial charge < -0.3 is 10.6 Å². The highest BCUT2D eigenvalue weighted by Crippen LogP contribution is 2.23. The maximum absolute atomic E-state index is 12.5. The molecule has 0 saturated heterocycles. The summed E-state index contributed by atoms with van der Waals surface area (Å²) in [6, 6.07) is 16.0. The van der Waals surface area contributed by atoms with Gasteiger partial charge in [0, 0.05) is 11.8 Å². The van der Waals surface area contributed by atoms with Crippen molar-refractivity contribution >= 4 is 11.6 Å². The number of benzene rings is 2. The number of nitrogens with one attached hydrogen (secondary N) is 3. The van der Waals surface area contributed by atoms with Crippen LogP contribution in [0.4, 0.5) is 11.6 Å². The molecule has 0 radical (unpaired) electrons. The Kier molecular flexibility index (Phi) is 4.32. The molecule has 2 aromatic carbocycles. The van der Waals surface area contributed by atoms with Gasteiger partial charge in [0.05, 0.1) is 12.2 Å². The highest BCUT2D eigenvalue weighted by atomic mass is 16.1. The molecule has 0 saturated carbocycles. The lowest BCUT2D eigenvalue weighted by Crippen LogP contribution is -2.27. The maximum atomic E-state index is 12.5. The average molecular weight is 361 g/mol. The van der Waals surface area contributed by atoms with E-state index in [1.54, 1.807) is 6.07 Å². The Morgan fingerprint density at radius 1 is 1.07 bits per heavy atom. The minimum atomic E-state index is -0.173. The number of anilines is 2. The average Bonchev–Trinajstić information content (AvgIpc) is 3.06. The van der Waals surface area contributed by atoms with E-state index in [0.717, 1.165) is 11.3 Å². The normalized spacial score (nSPS) is 15.0. The van der Waals surface area contributed by atoms with Crippen LogP contribution >= 0.6 is 0 Å². The number of nitrogens with zero attached hydrogens (tertiary/aromatic N) is 2. The predicted molar refractivity (Wildman–Crippen MR) is 109 cm³/mol. The zero-order valence-corrected chi connectivity index (χ0v) is 15.7. The van der Waals surface area contributed by atoms with Crippen molar-refractivity contribution in [1.82, 2.24) is 9.66 Å². The molecule has 1 unspecified atom stereocenters. The van der Waals surface area contributed by atoms with Crippen LogP contribution in [0, 0.1) is 20.8 Å². The Hall–Kier alpha value is -3.28. The lowest BCUT2D eigenvalue weighted by molar-refractivity contribution is 0.795. The summed E-state index contributed by atoms with van der Waals surface area (Å²) in [6.07, 6.45) is -0.173. The minimum Gasteiger partial charge on any atom is -0.379 e. The maximum Gasteiger partial charge on any atom is 0.273 e. The first-order valence-corrected chi connectivity index (χ1v) is 9.03. The van der Waals surface area contributed by atoms with Gasteiger partial charge >= 0.3 is 0 Å². The van der Waals surface area contributed by atoms with Crippen molar-refractivity contribution in [1.29, 1.82) is 0 Å². The van der Waals surface area contributed by atoms with E-state index in [4.69, 9.17) is 0 Å². The van der Waals surface area contributed by atoms with Crippen molar-refractivity contribution in [2.45, 2.75) is 33.5 Å². The van der Waals surface area contributed by atoms with Crippen molar-refractivity contribution in [3.8, 4) is 0 Å². The zero-order chi connectivity index (χ0) is 19.0. The second-order valence-electron chi connectivity index (χ2n) is 7.04. The van der Waals surface area contributed by atoms with Crippen molar-refractivity contribution in [2.75, 3.05) is 16.1 Å². The quantitative estimate of drug-likeness (QED) is 0.664. The summed E-state index contributed by atoms with van der Waals surface area (Å²) < 4.78 is 1.47. The van der Waals surface area contributed by atoms with E-state index in [0.29, 0.717) is 18.2 Å². The summed E-state index contributed by atoms with van der Waals surface area (Å²) in [5.74, 6) is 0.534. The molecule has 1 atom stereocenters. The van der Waals surface area contributed by atoms with Crippen LogP contribution in [0.15, 0.2) is 53.3 Å². The molecular formula is C21H23N5O. The van der Waals surface area contributed by atoms with Crippen molar-refractivity contribution < 1.29 is 0 Å². The van der Waals surface area contributed by atoms with Gasteiger partial charge in [0.1, 0.15) is 6.17 Å². The molecule has 0 bridgehead atoms. The number of aryl methyl sites for hydroxylation is 3. The predicted octanol–water partition coefficient (Wildman–Crippen LogP) is 3.45. The molecule has 3 aromatic rings. The summed E-state index contributed by atoms with van der Waals surface area (Å²) in [5, 5.41) is 6.66. The SMILES string of the molecule is Cc1cccc(C2Nc3nc(CNc4ccc(C)cc4C)cc(=O)n3N2)c1. The van der Waals surface area contributed by atoms with E-state index in [-0.39, 0.29) is 11.7 Å². The van der Waals surface area contributed by atoms with E-state index in [1.807, 2.05) is 25.1 Å². The van der Waals surface area contributed by atoms with Gasteiger partial charge in [-0.25, -0.2) is 4.98 Å². The van der Waals surface area contributed by atoms with Crippen molar-refractivity contribution in [3.63, 3.8) is 0 Å². The molecule has 2 heterocycles. The molecule has 1 aliphatic heterocycles. The molecule has 0 spiro atoms. The Morgan fingerprint density at radius 2 is 1.89 bits per heavy atom. The summed E-state index contributed by atoms with van der Waals surface area (Å²) in [7, 11) is 0. The van der Waals surface area contributed by atoms with Crippen LogP contribution in [-0.4, -0.2) is 9.66 Å². The molecule has 6 nitrogen and oxygen atoms in total. The highest BCUT2D eigenvalue weighted by Gasteiger charge is 2.23. The van der Waals surface area contributed by atoms with E-state index in [1.165, 1.54) is 21.4 Å². The lowest BCUT2D eigenvalue weighted by Gasteiger charge is -2.11. The monoisotopic (exact) mass is 361 g/mol. The van der Waals surface area contributed by atoms with E-state index in [2.05, 4.69) is 59.2 Å². The van der Waals surface area contributed by atoms with Crippen LogP contribution in [0.25, 0.3) is 0 Å². The third-order valence-corrected chi connectivity index (χ3v) is 4.72. The highest BCUT2D eigenvalue weighted by molar-refractivity contribution is 5.52. The number of rotatable bonds is 4.